The maximum atomic E-state index is 12.4. The molecule has 0 aliphatic heterocycles. The number of anilines is 1. The molecule has 0 aliphatic rings. The van der Waals surface area contributed by atoms with E-state index >= 15 is 0 Å². The van der Waals surface area contributed by atoms with Crippen molar-refractivity contribution in [3.8, 4) is 12.3 Å². The lowest BCUT2D eigenvalue weighted by Gasteiger charge is -1.98. The fraction of sp³-hybridized carbons (Fsp3) is 0. The molecular weight excluding hydrogens is 157 g/mol. The number of benzene rings is 1. The number of nitrogens with one attached hydrogen (secondary N) is 1. The molecule has 1 amide bonds. The lowest BCUT2D eigenvalue weighted by Crippen LogP contribution is -2.07. The highest BCUT2D eigenvalue weighted by Crippen LogP contribution is 2.07. The van der Waals surface area contributed by atoms with Crippen LogP contribution in [0.1, 0.15) is 0 Å². The van der Waals surface area contributed by atoms with Crippen LogP contribution in [-0.4, -0.2) is 5.91 Å². The van der Waals surface area contributed by atoms with Gasteiger partial charge in [0.1, 0.15) is 5.82 Å². The van der Waals surface area contributed by atoms with Gasteiger partial charge in [0, 0.05) is 5.69 Å². The number of halogens is 1. The molecule has 1 rings (SSSR count). The van der Waals surface area contributed by atoms with E-state index < -0.39 is 5.91 Å². The van der Waals surface area contributed by atoms with Gasteiger partial charge in [-0.1, -0.05) is 0 Å². The first-order valence-corrected chi connectivity index (χ1v) is 3.25. The van der Waals surface area contributed by atoms with Crippen molar-refractivity contribution < 1.29 is 9.18 Å². The number of hydrogen-bond donors (Lipinski definition) is 1. The zero-order valence-corrected chi connectivity index (χ0v) is 6.17. The van der Waals surface area contributed by atoms with Gasteiger partial charge >= 0.3 is 0 Å². The van der Waals surface area contributed by atoms with Gasteiger partial charge in [-0.15, -0.1) is 6.42 Å². The normalized spacial score (nSPS) is 8.67. The van der Waals surface area contributed by atoms with Crippen LogP contribution in [0.2, 0.25) is 0 Å². The summed E-state index contributed by atoms with van der Waals surface area (Å²) >= 11 is 0. The van der Waals surface area contributed by atoms with E-state index in [2.05, 4.69) is 5.32 Å². The highest BCUT2D eigenvalue weighted by Gasteiger charge is 1.96. The van der Waals surface area contributed by atoms with Gasteiger partial charge in [0.2, 0.25) is 0 Å². The van der Waals surface area contributed by atoms with E-state index in [9.17, 15) is 9.18 Å². The van der Waals surface area contributed by atoms with Crippen molar-refractivity contribution in [3.63, 3.8) is 0 Å². The molecule has 0 bridgehead atoms. The van der Waals surface area contributed by atoms with Crippen LogP contribution < -0.4 is 5.32 Å². The molecule has 0 spiro atoms. The molecule has 0 saturated heterocycles. The first-order chi connectivity index (χ1) is 5.72. The van der Waals surface area contributed by atoms with Gasteiger partial charge < -0.3 is 5.32 Å². The molecular formula is C9H6FNO. The summed E-state index contributed by atoms with van der Waals surface area (Å²) in [6.45, 7) is 0. The summed E-state index contributed by atoms with van der Waals surface area (Å²) in [5.41, 5.74) is 0.486. The van der Waals surface area contributed by atoms with E-state index in [0.29, 0.717) is 5.69 Å². The average molecular weight is 163 g/mol. The van der Waals surface area contributed by atoms with Crippen molar-refractivity contribution >= 4 is 11.6 Å². The third-order valence-electron chi connectivity index (χ3n) is 1.23. The zero-order valence-electron chi connectivity index (χ0n) is 6.17. The molecule has 2 nitrogen and oxygen atoms in total. The molecule has 0 saturated carbocycles. The summed E-state index contributed by atoms with van der Waals surface area (Å²) in [7, 11) is 0. The minimum absolute atomic E-state index is 0.353. The van der Waals surface area contributed by atoms with Crippen molar-refractivity contribution in [3.05, 3.63) is 30.1 Å². The third-order valence-corrected chi connectivity index (χ3v) is 1.23. The first kappa shape index (κ1) is 8.28. The third kappa shape index (κ3) is 2.10. The molecule has 0 radical (unpaired) electrons. The Hall–Kier alpha value is -1.82. The Morgan fingerprint density at radius 1 is 1.42 bits per heavy atom. The molecule has 0 aliphatic carbocycles. The average Bonchev–Trinajstić information content (AvgIpc) is 2.09. The molecule has 1 N–H and O–H groups in total. The van der Waals surface area contributed by atoms with Crippen LogP contribution in [0.25, 0.3) is 0 Å². The molecule has 3 heteroatoms. The summed E-state index contributed by atoms with van der Waals surface area (Å²) in [6, 6.07) is 5.35. The fourth-order valence-corrected chi connectivity index (χ4v) is 0.700. The van der Waals surface area contributed by atoms with E-state index in [1.807, 2.05) is 5.92 Å². The molecule has 12 heavy (non-hydrogen) atoms. The zero-order chi connectivity index (χ0) is 8.97. The Labute approximate surface area is 69.4 Å². The standard InChI is InChI=1S/C9H6FNO/c1-2-9(12)11-8-5-3-7(10)4-6-8/h1,3-6H,(H,11,12). The number of amides is 1. The summed E-state index contributed by atoms with van der Waals surface area (Å²) in [5, 5.41) is 2.38. The summed E-state index contributed by atoms with van der Waals surface area (Å²) in [4.78, 5) is 10.6. The number of carbonyl (C=O) groups is 1. The first-order valence-electron chi connectivity index (χ1n) is 3.25. The van der Waals surface area contributed by atoms with Gasteiger partial charge in [0.15, 0.2) is 0 Å². The van der Waals surface area contributed by atoms with Gasteiger partial charge in [0.05, 0.1) is 0 Å². The number of hydrogen-bond acceptors (Lipinski definition) is 1. The smallest absolute Gasteiger partial charge is 0.300 e. The van der Waals surface area contributed by atoms with Crippen molar-refractivity contribution in [2.75, 3.05) is 5.32 Å². The van der Waals surface area contributed by atoms with Crippen LogP contribution in [-0.2, 0) is 4.79 Å². The second-order valence-electron chi connectivity index (χ2n) is 2.11. The molecule has 0 aromatic heterocycles. The molecule has 0 fully saturated rings. The van der Waals surface area contributed by atoms with E-state index in [1.54, 1.807) is 0 Å². The van der Waals surface area contributed by atoms with Crippen LogP contribution in [0.4, 0.5) is 10.1 Å². The Morgan fingerprint density at radius 3 is 2.50 bits per heavy atom. The lowest BCUT2D eigenvalue weighted by molar-refractivity contribution is -0.111. The number of terminal acetylenes is 1. The van der Waals surface area contributed by atoms with Gasteiger partial charge in [-0.25, -0.2) is 4.39 Å². The SMILES string of the molecule is C#CC(=O)Nc1ccc(F)cc1. The molecule has 0 heterocycles. The van der Waals surface area contributed by atoms with E-state index in [-0.39, 0.29) is 5.82 Å². The van der Waals surface area contributed by atoms with E-state index in [4.69, 9.17) is 6.42 Å². The Kier molecular flexibility index (Phi) is 2.44. The topological polar surface area (TPSA) is 29.1 Å². The highest BCUT2D eigenvalue weighted by molar-refractivity contribution is 6.03. The second kappa shape index (κ2) is 3.54. The molecule has 1 aromatic rings. The fourth-order valence-electron chi connectivity index (χ4n) is 0.700. The Balaban J connectivity index is 2.73. The van der Waals surface area contributed by atoms with Gasteiger partial charge in [-0.2, -0.15) is 0 Å². The number of rotatable bonds is 1. The minimum atomic E-state index is -0.540. The predicted molar refractivity (Wildman–Crippen MR) is 43.9 cm³/mol. The van der Waals surface area contributed by atoms with E-state index in [1.165, 1.54) is 24.3 Å². The lowest BCUT2D eigenvalue weighted by atomic mass is 10.3. The second-order valence-corrected chi connectivity index (χ2v) is 2.11. The minimum Gasteiger partial charge on any atom is -0.315 e. The highest BCUT2D eigenvalue weighted by atomic mass is 19.1. The van der Waals surface area contributed by atoms with Crippen LogP contribution in [0, 0.1) is 18.2 Å². The van der Waals surface area contributed by atoms with Gasteiger partial charge in [-0.05, 0) is 30.2 Å². The number of carbonyl (C=O) groups excluding carboxylic acids is 1. The van der Waals surface area contributed by atoms with Crippen LogP contribution in [0.5, 0.6) is 0 Å². The Bertz CT molecular complexity index is 323. The molecule has 0 atom stereocenters. The quantitative estimate of drug-likeness (QED) is 0.623. The summed E-state index contributed by atoms with van der Waals surface area (Å²) < 4.78 is 12.4. The van der Waals surface area contributed by atoms with Gasteiger partial charge in [-0.3, -0.25) is 4.79 Å². The molecule has 60 valence electrons. The van der Waals surface area contributed by atoms with Gasteiger partial charge in [0.25, 0.3) is 5.91 Å². The predicted octanol–water partition coefficient (Wildman–Crippen LogP) is 1.40. The van der Waals surface area contributed by atoms with Crippen LogP contribution in [0.15, 0.2) is 24.3 Å². The van der Waals surface area contributed by atoms with Crippen molar-refractivity contribution in [2.24, 2.45) is 0 Å². The van der Waals surface area contributed by atoms with Crippen LogP contribution >= 0.6 is 0 Å². The summed E-state index contributed by atoms with van der Waals surface area (Å²) in [6.07, 6.45) is 4.81. The maximum absolute atomic E-state index is 12.4. The van der Waals surface area contributed by atoms with E-state index in [0.717, 1.165) is 0 Å². The van der Waals surface area contributed by atoms with Crippen molar-refractivity contribution in [1.29, 1.82) is 0 Å². The summed E-state index contributed by atoms with van der Waals surface area (Å²) in [5.74, 6) is 0.991. The largest absolute Gasteiger partial charge is 0.315 e. The monoisotopic (exact) mass is 163 g/mol. The van der Waals surface area contributed by atoms with Crippen molar-refractivity contribution in [1.82, 2.24) is 0 Å². The molecule has 1 aromatic carbocycles. The van der Waals surface area contributed by atoms with Crippen molar-refractivity contribution in [2.45, 2.75) is 0 Å². The van der Waals surface area contributed by atoms with Crippen LogP contribution in [0.3, 0.4) is 0 Å². The maximum Gasteiger partial charge on any atom is 0.300 e. The Morgan fingerprint density at radius 2 is 2.00 bits per heavy atom. The molecule has 0 unspecified atom stereocenters.